The van der Waals surface area contributed by atoms with Gasteiger partial charge in [-0.05, 0) is 30.7 Å². The molecule has 5 rings (SSSR count). The van der Waals surface area contributed by atoms with Gasteiger partial charge in [0.15, 0.2) is 0 Å². The van der Waals surface area contributed by atoms with E-state index in [4.69, 9.17) is 0 Å². The molecule has 1 aliphatic rings. The number of imidazole rings is 1. The van der Waals surface area contributed by atoms with Gasteiger partial charge in [-0.3, -0.25) is 9.59 Å². The molecule has 156 valence electrons. The Morgan fingerprint density at radius 1 is 1.16 bits per heavy atom. The van der Waals surface area contributed by atoms with E-state index in [1.54, 1.807) is 35.4 Å². The SMILES string of the molecule is Cc1cnc2n1CCN(C(=O)c1cc(Cc3n[nH]c(=O)c4ccccc34)ccc1F)C2. The van der Waals surface area contributed by atoms with Crippen LogP contribution in [0.5, 0.6) is 0 Å². The number of halogens is 1. The van der Waals surface area contributed by atoms with Gasteiger partial charge in [0.25, 0.3) is 11.5 Å². The molecule has 2 aromatic carbocycles. The van der Waals surface area contributed by atoms with Gasteiger partial charge in [-0.25, -0.2) is 14.5 Å². The van der Waals surface area contributed by atoms with Gasteiger partial charge in [0.1, 0.15) is 11.6 Å². The topological polar surface area (TPSA) is 83.9 Å². The lowest BCUT2D eigenvalue weighted by molar-refractivity contribution is 0.0702. The fraction of sp³-hybridized carbons (Fsp3) is 0.217. The van der Waals surface area contributed by atoms with Crippen molar-refractivity contribution in [2.75, 3.05) is 6.54 Å². The summed E-state index contributed by atoms with van der Waals surface area (Å²) in [7, 11) is 0. The van der Waals surface area contributed by atoms with Crippen LogP contribution in [-0.4, -0.2) is 37.1 Å². The van der Waals surface area contributed by atoms with Crippen molar-refractivity contribution in [3.63, 3.8) is 0 Å². The summed E-state index contributed by atoms with van der Waals surface area (Å²) in [6, 6.07) is 11.7. The number of hydrogen-bond acceptors (Lipinski definition) is 4. The molecule has 1 N–H and O–H groups in total. The second-order valence-corrected chi connectivity index (χ2v) is 7.73. The van der Waals surface area contributed by atoms with E-state index in [1.807, 2.05) is 19.1 Å². The summed E-state index contributed by atoms with van der Waals surface area (Å²) in [6.45, 7) is 3.47. The highest BCUT2D eigenvalue weighted by Crippen LogP contribution is 2.21. The lowest BCUT2D eigenvalue weighted by Gasteiger charge is -2.28. The standard InChI is InChI=1S/C23H20FN5O2/c1-14-12-25-21-13-28(8-9-29(14)21)23(31)18-10-15(6-7-19(18)24)11-20-16-4-2-3-5-17(16)22(30)27-26-20/h2-7,10,12H,8-9,11,13H2,1H3,(H,27,30). The minimum atomic E-state index is -0.557. The van der Waals surface area contributed by atoms with E-state index in [9.17, 15) is 14.0 Å². The largest absolute Gasteiger partial charge is 0.329 e. The summed E-state index contributed by atoms with van der Waals surface area (Å²) in [5, 5.41) is 7.97. The number of benzene rings is 2. The zero-order valence-corrected chi connectivity index (χ0v) is 16.9. The highest BCUT2D eigenvalue weighted by atomic mass is 19.1. The van der Waals surface area contributed by atoms with Crippen LogP contribution in [0.3, 0.4) is 0 Å². The predicted molar refractivity (Wildman–Crippen MR) is 113 cm³/mol. The zero-order valence-electron chi connectivity index (χ0n) is 16.9. The van der Waals surface area contributed by atoms with Crippen LogP contribution >= 0.6 is 0 Å². The minimum absolute atomic E-state index is 0.0305. The third-order valence-electron chi connectivity index (χ3n) is 5.76. The van der Waals surface area contributed by atoms with Crippen LogP contribution in [0.15, 0.2) is 53.5 Å². The molecule has 3 heterocycles. The average Bonchev–Trinajstić information content (AvgIpc) is 3.17. The number of amides is 1. The Labute approximate surface area is 177 Å². The van der Waals surface area contributed by atoms with Crippen LogP contribution in [-0.2, 0) is 19.5 Å². The van der Waals surface area contributed by atoms with Crippen molar-refractivity contribution < 1.29 is 9.18 Å². The van der Waals surface area contributed by atoms with Crippen LogP contribution in [0.4, 0.5) is 4.39 Å². The number of nitrogens with zero attached hydrogens (tertiary/aromatic N) is 4. The Balaban J connectivity index is 1.44. The molecule has 31 heavy (non-hydrogen) atoms. The van der Waals surface area contributed by atoms with Crippen molar-refractivity contribution in [1.82, 2.24) is 24.6 Å². The van der Waals surface area contributed by atoms with Gasteiger partial charge >= 0.3 is 0 Å². The molecule has 0 fully saturated rings. The van der Waals surface area contributed by atoms with Crippen LogP contribution in [0.2, 0.25) is 0 Å². The Bertz CT molecular complexity index is 1370. The molecule has 0 unspecified atom stereocenters. The number of hydrogen-bond donors (Lipinski definition) is 1. The molecular weight excluding hydrogens is 397 g/mol. The van der Waals surface area contributed by atoms with E-state index < -0.39 is 5.82 Å². The fourth-order valence-electron chi connectivity index (χ4n) is 4.10. The number of aromatic nitrogens is 4. The summed E-state index contributed by atoms with van der Waals surface area (Å²) < 4.78 is 16.7. The number of aromatic amines is 1. The first-order valence-corrected chi connectivity index (χ1v) is 10.1. The molecule has 7 nitrogen and oxygen atoms in total. The molecule has 0 bridgehead atoms. The second-order valence-electron chi connectivity index (χ2n) is 7.73. The third kappa shape index (κ3) is 3.39. The Kier molecular flexibility index (Phi) is 4.62. The lowest BCUT2D eigenvalue weighted by atomic mass is 10.0. The number of nitrogens with one attached hydrogen (secondary N) is 1. The number of H-pyrrole nitrogens is 1. The van der Waals surface area contributed by atoms with Crippen LogP contribution in [0, 0.1) is 12.7 Å². The smallest absolute Gasteiger partial charge is 0.272 e. The van der Waals surface area contributed by atoms with Crippen molar-refractivity contribution in [3.05, 3.63) is 93.2 Å². The molecule has 2 aromatic heterocycles. The Morgan fingerprint density at radius 3 is 2.81 bits per heavy atom. The maximum atomic E-state index is 14.6. The van der Waals surface area contributed by atoms with Crippen LogP contribution in [0.1, 0.15) is 33.1 Å². The number of aryl methyl sites for hydroxylation is 1. The summed E-state index contributed by atoms with van der Waals surface area (Å²) in [6.07, 6.45) is 2.15. The summed E-state index contributed by atoms with van der Waals surface area (Å²) in [5.74, 6) is -0.110. The molecule has 0 atom stereocenters. The molecule has 0 radical (unpaired) electrons. The van der Waals surface area contributed by atoms with E-state index in [0.29, 0.717) is 37.1 Å². The molecule has 0 aliphatic carbocycles. The van der Waals surface area contributed by atoms with E-state index in [-0.39, 0.29) is 17.0 Å². The molecule has 4 aromatic rings. The van der Waals surface area contributed by atoms with Gasteiger partial charge < -0.3 is 9.47 Å². The molecule has 0 saturated heterocycles. The van der Waals surface area contributed by atoms with Gasteiger partial charge in [-0.1, -0.05) is 24.3 Å². The molecule has 1 aliphatic heterocycles. The first-order valence-electron chi connectivity index (χ1n) is 10.1. The summed E-state index contributed by atoms with van der Waals surface area (Å²) >= 11 is 0. The van der Waals surface area contributed by atoms with E-state index in [2.05, 4.69) is 19.7 Å². The highest BCUT2D eigenvalue weighted by molar-refractivity contribution is 5.94. The predicted octanol–water partition coefficient (Wildman–Crippen LogP) is 2.81. The third-order valence-corrected chi connectivity index (χ3v) is 5.76. The van der Waals surface area contributed by atoms with E-state index in [1.165, 1.54) is 6.07 Å². The average molecular weight is 417 g/mol. The van der Waals surface area contributed by atoms with Gasteiger partial charge in [0.05, 0.1) is 23.2 Å². The van der Waals surface area contributed by atoms with E-state index >= 15 is 0 Å². The molecule has 1 amide bonds. The number of carbonyl (C=O) groups excluding carboxylic acids is 1. The molecule has 0 spiro atoms. The van der Waals surface area contributed by atoms with Crippen molar-refractivity contribution >= 4 is 16.7 Å². The first kappa shape index (κ1) is 19.2. The lowest BCUT2D eigenvalue weighted by Crippen LogP contribution is -2.39. The summed E-state index contributed by atoms with van der Waals surface area (Å²) in [4.78, 5) is 31.1. The number of fused-ring (bicyclic) bond motifs is 2. The number of carbonyl (C=O) groups is 1. The van der Waals surface area contributed by atoms with Crippen molar-refractivity contribution in [1.29, 1.82) is 0 Å². The molecular formula is C23H20FN5O2. The van der Waals surface area contributed by atoms with Crippen molar-refractivity contribution in [3.8, 4) is 0 Å². The summed E-state index contributed by atoms with van der Waals surface area (Å²) in [5.41, 5.74) is 2.23. The maximum Gasteiger partial charge on any atom is 0.272 e. The van der Waals surface area contributed by atoms with Gasteiger partial charge in [-0.2, -0.15) is 5.10 Å². The van der Waals surface area contributed by atoms with Crippen molar-refractivity contribution in [2.24, 2.45) is 0 Å². The monoisotopic (exact) mass is 417 g/mol. The van der Waals surface area contributed by atoms with Gasteiger partial charge in [-0.15, -0.1) is 0 Å². The van der Waals surface area contributed by atoms with Gasteiger partial charge in [0, 0.05) is 36.8 Å². The van der Waals surface area contributed by atoms with Crippen molar-refractivity contribution in [2.45, 2.75) is 26.4 Å². The van der Waals surface area contributed by atoms with Gasteiger partial charge in [0.2, 0.25) is 0 Å². The zero-order chi connectivity index (χ0) is 21.5. The highest BCUT2D eigenvalue weighted by Gasteiger charge is 2.25. The molecule has 0 saturated carbocycles. The quantitative estimate of drug-likeness (QED) is 0.556. The molecule has 8 heteroatoms. The normalized spacial score (nSPS) is 13.4. The number of rotatable bonds is 3. The maximum absolute atomic E-state index is 14.6. The Hall–Kier alpha value is -3.81. The van der Waals surface area contributed by atoms with Crippen LogP contribution < -0.4 is 5.56 Å². The second kappa shape index (κ2) is 7.46. The minimum Gasteiger partial charge on any atom is -0.329 e. The fourth-order valence-corrected chi connectivity index (χ4v) is 4.10. The van der Waals surface area contributed by atoms with E-state index in [0.717, 1.165) is 22.5 Å². The Morgan fingerprint density at radius 2 is 1.97 bits per heavy atom. The van der Waals surface area contributed by atoms with Crippen LogP contribution in [0.25, 0.3) is 10.8 Å². The first-order chi connectivity index (χ1) is 15.0.